The van der Waals surface area contributed by atoms with Crippen LogP contribution in [0.4, 0.5) is 0 Å². The second kappa shape index (κ2) is 5.14. The van der Waals surface area contributed by atoms with Crippen LogP contribution >= 0.6 is 0 Å². The molecule has 1 aromatic heterocycles. The van der Waals surface area contributed by atoms with Crippen molar-refractivity contribution in [2.45, 2.75) is 32.2 Å². The fourth-order valence-electron chi connectivity index (χ4n) is 2.37. The molecule has 0 radical (unpaired) electrons. The number of nitrogens with zero attached hydrogens (tertiary/aromatic N) is 2. The van der Waals surface area contributed by atoms with Gasteiger partial charge in [0.2, 0.25) is 10.0 Å². The average Bonchev–Trinajstić information content (AvgIpc) is 2.79. The zero-order chi connectivity index (χ0) is 12.3. The molecule has 17 heavy (non-hydrogen) atoms. The minimum Gasteiger partial charge on any atom is -0.265 e. The Labute approximate surface area is 103 Å². The molecule has 0 N–H and O–H groups in total. The van der Waals surface area contributed by atoms with Gasteiger partial charge in [-0.05, 0) is 37.0 Å². The number of aromatic nitrogens is 1. The largest absolute Gasteiger partial charge is 0.265 e. The number of pyridine rings is 1. The molecule has 1 atom stereocenters. The van der Waals surface area contributed by atoms with Gasteiger partial charge < -0.3 is 0 Å². The SMILES string of the molecule is CCCS(=O)(=O)N1CCCC1c1ccncc1. The molecule has 0 saturated carbocycles. The lowest BCUT2D eigenvalue weighted by Crippen LogP contribution is -2.32. The van der Waals surface area contributed by atoms with Gasteiger partial charge in [0, 0.05) is 25.0 Å². The zero-order valence-corrected chi connectivity index (χ0v) is 10.9. The van der Waals surface area contributed by atoms with Gasteiger partial charge in [-0.2, -0.15) is 4.31 Å². The molecule has 1 fully saturated rings. The van der Waals surface area contributed by atoms with Crippen molar-refractivity contribution in [3.05, 3.63) is 30.1 Å². The van der Waals surface area contributed by atoms with E-state index in [0.29, 0.717) is 13.0 Å². The highest BCUT2D eigenvalue weighted by Crippen LogP contribution is 2.34. The predicted molar refractivity (Wildman–Crippen MR) is 67.0 cm³/mol. The second-order valence-electron chi connectivity index (χ2n) is 4.37. The van der Waals surface area contributed by atoms with Crippen molar-refractivity contribution in [1.29, 1.82) is 0 Å². The van der Waals surface area contributed by atoms with Crippen molar-refractivity contribution in [2.24, 2.45) is 0 Å². The van der Waals surface area contributed by atoms with E-state index in [9.17, 15) is 8.42 Å². The normalized spacial score (nSPS) is 21.8. The standard InChI is InChI=1S/C12H18N2O2S/c1-2-10-17(15,16)14-9-3-4-12(14)11-5-7-13-8-6-11/h5-8,12H,2-4,9-10H2,1H3. The van der Waals surface area contributed by atoms with Gasteiger partial charge in [-0.15, -0.1) is 0 Å². The molecule has 1 aromatic rings. The quantitative estimate of drug-likeness (QED) is 0.825. The van der Waals surface area contributed by atoms with Crippen LogP contribution in [-0.4, -0.2) is 30.0 Å². The maximum Gasteiger partial charge on any atom is 0.214 e. The van der Waals surface area contributed by atoms with Gasteiger partial charge in [0.05, 0.1) is 5.75 Å². The monoisotopic (exact) mass is 254 g/mol. The summed E-state index contributed by atoms with van der Waals surface area (Å²) in [7, 11) is -3.09. The van der Waals surface area contributed by atoms with Gasteiger partial charge in [0.1, 0.15) is 0 Å². The van der Waals surface area contributed by atoms with Crippen LogP contribution in [0.25, 0.3) is 0 Å². The highest BCUT2D eigenvalue weighted by Gasteiger charge is 2.34. The van der Waals surface area contributed by atoms with Crippen LogP contribution in [0.5, 0.6) is 0 Å². The number of hydrogen-bond donors (Lipinski definition) is 0. The van der Waals surface area contributed by atoms with E-state index in [1.165, 1.54) is 0 Å². The summed E-state index contributed by atoms with van der Waals surface area (Å²) in [6.45, 7) is 2.55. The molecule has 1 unspecified atom stereocenters. The van der Waals surface area contributed by atoms with Crippen molar-refractivity contribution in [2.75, 3.05) is 12.3 Å². The van der Waals surface area contributed by atoms with E-state index in [4.69, 9.17) is 0 Å². The van der Waals surface area contributed by atoms with Crippen LogP contribution in [0, 0.1) is 0 Å². The lowest BCUT2D eigenvalue weighted by Gasteiger charge is -2.24. The molecular formula is C12H18N2O2S. The Morgan fingerprint density at radius 2 is 2.12 bits per heavy atom. The van der Waals surface area contributed by atoms with Gasteiger partial charge in [0.15, 0.2) is 0 Å². The Hall–Kier alpha value is -0.940. The maximum atomic E-state index is 12.1. The first-order valence-electron chi connectivity index (χ1n) is 6.04. The summed E-state index contributed by atoms with van der Waals surface area (Å²) in [6, 6.07) is 3.82. The van der Waals surface area contributed by atoms with Crippen LogP contribution in [0.3, 0.4) is 0 Å². The van der Waals surface area contributed by atoms with Gasteiger partial charge in [0.25, 0.3) is 0 Å². The van der Waals surface area contributed by atoms with Gasteiger partial charge in [-0.25, -0.2) is 8.42 Å². The Kier molecular flexibility index (Phi) is 3.79. The summed E-state index contributed by atoms with van der Waals surface area (Å²) in [5, 5.41) is 0. The molecule has 0 aromatic carbocycles. The summed E-state index contributed by atoms with van der Waals surface area (Å²) in [5.41, 5.74) is 1.05. The zero-order valence-electron chi connectivity index (χ0n) is 10.0. The molecule has 0 spiro atoms. The average molecular weight is 254 g/mol. The number of hydrogen-bond acceptors (Lipinski definition) is 3. The molecule has 0 bridgehead atoms. The van der Waals surface area contributed by atoms with Crippen molar-refractivity contribution in [3.63, 3.8) is 0 Å². The molecule has 94 valence electrons. The molecule has 2 heterocycles. The Balaban J connectivity index is 2.24. The van der Waals surface area contributed by atoms with E-state index < -0.39 is 10.0 Å². The van der Waals surface area contributed by atoms with E-state index in [1.807, 2.05) is 19.1 Å². The smallest absolute Gasteiger partial charge is 0.214 e. The highest BCUT2D eigenvalue weighted by molar-refractivity contribution is 7.89. The molecular weight excluding hydrogens is 236 g/mol. The first kappa shape index (κ1) is 12.5. The van der Waals surface area contributed by atoms with E-state index in [-0.39, 0.29) is 11.8 Å². The third-order valence-electron chi connectivity index (χ3n) is 3.11. The third kappa shape index (κ3) is 2.66. The van der Waals surface area contributed by atoms with Crippen molar-refractivity contribution in [3.8, 4) is 0 Å². The van der Waals surface area contributed by atoms with Crippen LogP contribution in [0.15, 0.2) is 24.5 Å². The van der Waals surface area contributed by atoms with E-state index in [0.717, 1.165) is 18.4 Å². The highest BCUT2D eigenvalue weighted by atomic mass is 32.2. The third-order valence-corrected chi connectivity index (χ3v) is 5.19. The molecule has 1 aliphatic heterocycles. The predicted octanol–water partition coefficient (Wildman–Crippen LogP) is 1.96. The molecule has 0 aliphatic carbocycles. The fourth-order valence-corrected chi connectivity index (χ4v) is 4.14. The summed E-state index contributed by atoms with van der Waals surface area (Å²) >= 11 is 0. The Morgan fingerprint density at radius 1 is 1.41 bits per heavy atom. The summed E-state index contributed by atoms with van der Waals surface area (Å²) in [6.07, 6.45) is 5.96. The minimum atomic E-state index is -3.09. The van der Waals surface area contributed by atoms with Crippen LogP contribution in [-0.2, 0) is 10.0 Å². The van der Waals surface area contributed by atoms with Crippen LogP contribution < -0.4 is 0 Å². The maximum absolute atomic E-state index is 12.1. The molecule has 4 nitrogen and oxygen atoms in total. The van der Waals surface area contributed by atoms with E-state index in [2.05, 4.69) is 4.98 Å². The number of sulfonamides is 1. The van der Waals surface area contributed by atoms with E-state index in [1.54, 1.807) is 16.7 Å². The molecule has 0 amide bonds. The Morgan fingerprint density at radius 3 is 2.76 bits per heavy atom. The number of rotatable bonds is 4. The summed E-state index contributed by atoms with van der Waals surface area (Å²) in [5.74, 6) is 0.245. The topological polar surface area (TPSA) is 50.3 Å². The lowest BCUT2D eigenvalue weighted by molar-refractivity contribution is 0.396. The van der Waals surface area contributed by atoms with Crippen molar-refractivity contribution < 1.29 is 8.42 Å². The van der Waals surface area contributed by atoms with Crippen molar-refractivity contribution >= 4 is 10.0 Å². The first-order valence-corrected chi connectivity index (χ1v) is 7.65. The molecule has 1 saturated heterocycles. The van der Waals surface area contributed by atoms with Gasteiger partial charge >= 0.3 is 0 Å². The fraction of sp³-hybridized carbons (Fsp3) is 0.583. The Bertz CT molecular complexity index is 459. The molecule has 1 aliphatic rings. The molecule has 5 heteroatoms. The van der Waals surface area contributed by atoms with Crippen LogP contribution in [0.2, 0.25) is 0 Å². The van der Waals surface area contributed by atoms with E-state index >= 15 is 0 Å². The summed E-state index contributed by atoms with van der Waals surface area (Å²) < 4.78 is 25.9. The molecule has 2 rings (SSSR count). The van der Waals surface area contributed by atoms with Crippen LogP contribution in [0.1, 0.15) is 37.8 Å². The summed E-state index contributed by atoms with van der Waals surface area (Å²) in [4.78, 5) is 3.97. The second-order valence-corrected chi connectivity index (χ2v) is 6.41. The van der Waals surface area contributed by atoms with Gasteiger partial charge in [-0.3, -0.25) is 4.98 Å². The lowest BCUT2D eigenvalue weighted by atomic mass is 10.1. The van der Waals surface area contributed by atoms with Gasteiger partial charge in [-0.1, -0.05) is 6.92 Å². The minimum absolute atomic E-state index is 0.00884. The first-order chi connectivity index (χ1) is 8.15. The van der Waals surface area contributed by atoms with Crippen molar-refractivity contribution in [1.82, 2.24) is 9.29 Å².